The number of carbonyl (C=O) groups excluding carboxylic acids is 1. The van der Waals surface area contributed by atoms with E-state index < -0.39 is 5.54 Å². The van der Waals surface area contributed by atoms with Crippen LogP contribution >= 0.6 is 0 Å². The van der Waals surface area contributed by atoms with E-state index in [-0.39, 0.29) is 11.9 Å². The highest BCUT2D eigenvalue weighted by Gasteiger charge is 2.41. The Hall–Kier alpha value is -2.26. The van der Waals surface area contributed by atoms with Gasteiger partial charge in [-0.1, -0.05) is 19.3 Å². The molecule has 156 valence electrons. The van der Waals surface area contributed by atoms with Crippen molar-refractivity contribution >= 4 is 5.91 Å². The summed E-state index contributed by atoms with van der Waals surface area (Å²) in [6, 6.07) is 8.98. The van der Waals surface area contributed by atoms with Crippen LogP contribution in [0.2, 0.25) is 0 Å². The minimum absolute atomic E-state index is 0.0877. The molecule has 29 heavy (non-hydrogen) atoms. The second kappa shape index (κ2) is 8.62. The van der Waals surface area contributed by atoms with Crippen LogP contribution in [0.5, 0.6) is 11.5 Å². The molecule has 4 rings (SSSR count). The first-order chi connectivity index (χ1) is 14.1. The van der Waals surface area contributed by atoms with Crippen molar-refractivity contribution in [3.05, 3.63) is 23.8 Å². The second-order valence-electron chi connectivity index (χ2n) is 8.69. The van der Waals surface area contributed by atoms with Crippen molar-refractivity contribution in [1.82, 2.24) is 4.90 Å². The van der Waals surface area contributed by atoms with Crippen LogP contribution in [0.3, 0.4) is 0 Å². The maximum Gasteiger partial charge on any atom is 0.278 e. The molecule has 2 heterocycles. The Labute approximate surface area is 173 Å². The van der Waals surface area contributed by atoms with Gasteiger partial charge in [-0.15, -0.1) is 0 Å². The molecule has 0 radical (unpaired) electrons. The van der Waals surface area contributed by atoms with Crippen LogP contribution in [0.1, 0.15) is 63.0 Å². The third-order valence-electron chi connectivity index (χ3n) is 6.94. The fraction of sp³-hybridized carbons (Fsp3) is 0.652. The average molecular weight is 399 g/mol. The van der Waals surface area contributed by atoms with Crippen LogP contribution in [-0.2, 0) is 4.79 Å². The first kappa shape index (κ1) is 20.0. The van der Waals surface area contributed by atoms with Crippen molar-refractivity contribution in [1.29, 1.82) is 5.26 Å². The van der Waals surface area contributed by atoms with Gasteiger partial charge >= 0.3 is 0 Å². The summed E-state index contributed by atoms with van der Waals surface area (Å²) >= 11 is 0. The summed E-state index contributed by atoms with van der Waals surface area (Å²) < 4.78 is 11.6. The molecule has 2 atom stereocenters. The highest BCUT2D eigenvalue weighted by atomic mass is 16.5. The minimum Gasteiger partial charge on any atom is -0.490 e. The zero-order valence-electron chi connectivity index (χ0n) is 17.4. The summed E-state index contributed by atoms with van der Waals surface area (Å²) in [7, 11) is 1.83. The van der Waals surface area contributed by atoms with E-state index in [4.69, 9.17) is 9.47 Å². The van der Waals surface area contributed by atoms with Crippen LogP contribution in [0.15, 0.2) is 18.2 Å². The normalized spacial score (nSPS) is 25.7. The molecule has 3 aliphatic rings. The molecule has 1 aromatic carbocycles. The maximum atomic E-state index is 13.1. The van der Waals surface area contributed by atoms with E-state index in [1.54, 1.807) is 4.90 Å². The summed E-state index contributed by atoms with van der Waals surface area (Å²) in [6.07, 6.45) is 7.88. The Morgan fingerprint density at radius 1 is 1.17 bits per heavy atom. The van der Waals surface area contributed by atoms with E-state index in [0.717, 1.165) is 69.4 Å². The number of fused-ring (bicyclic) bond motifs is 1. The number of rotatable bonds is 4. The van der Waals surface area contributed by atoms with Crippen molar-refractivity contribution in [2.75, 3.05) is 33.4 Å². The van der Waals surface area contributed by atoms with Gasteiger partial charge < -0.3 is 19.3 Å². The number of nitrogens with one attached hydrogen (secondary N) is 1. The molecule has 1 saturated heterocycles. The molecule has 2 fully saturated rings. The van der Waals surface area contributed by atoms with Crippen molar-refractivity contribution in [2.45, 2.75) is 62.9 Å². The predicted molar refractivity (Wildman–Crippen MR) is 109 cm³/mol. The molecule has 2 aliphatic heterocycles. The van der Waals surface area contributed by atoms with E-state index in [2.05, 4.69) is 18.2 Å². The summed E-state index contributed by atoms with van der Waals surface area (Å²) in [5.41, 5.74) is 0.601. The zero-order valence-corrected chi connectivity index (χ0v) is 17.4. The average Bonchev–Trinajstić information content (AvgIpc) is 3.08. The number of quaternary nitrogens is 1. The van der Waals surface area contributed by atoms with Gasteiger partial charge in [0.25, 0.3) is 5.91 Å². The molecule has 1 aliphatic carbocycles. The fourth-order valence-electron chi connectivity index (χ4n) is 5.13. The van der Waals surface area contributed by atoms with Crippen LogP contribution in [-0.4, -0.2) is 49.7 Å². The molecule has 1 N–H and O–H groups in total. The number of nitrogens with zero attached hydrogens (tertiary/aromatic N) is 2. The van der Waals surface area contributed by atoms with Gasteiger partial charge in [0.05, 0.1) is 25.8 Å². The molecule has 0 aromatic heterocycles. The van der Waals surface area contributed by atoms with Gasteiger partial charge in [-0.2, -0.15) is 5.26 Å². The minimum atomic E-state index is -0.612. The third kappa shape index (κ3) is 4.06. The summed E-state index contributed by atoms with van der Waals surface area (Å²) in [6.45, 7) is 2.79. The fourth-order valence-corrected chi connectivity index (χ4v) is 5.13. The Morgan fingerprint density at radius 3 is 2.69 bits per heavy atom. The standard InChI is InChI=1S/C23H31N3O3/c1-25(23(17-24)10-3-2-4-11-23)22(27)16-26-12-5-7-19(26)18-8-9-20-21(15-18)29-14-6-13-28-20/h8-9,15,19H,2-7,10-14,16H2,1H3/p+1/t19-/m0/s1. The van der Waals surface area contributed by atoms with Gasteiger partial charge in [-0.25, -0.2) is 0 Å². The number of ether oxygens (including phenoxy) is 2. The van der Waals surface area contributed by atoms with Gasteiger partial charge in [0, 0.05) is 31.9 Å². The van der Waals surface area contributed by atoms with Gasteiger partial charge in [-0.3, -0.25) is 4.79 Å². The molecule has 1 amide bonds. The SMILES string of the molecule is CN(C(=O)C[NH+]1CCC[C@H]1c1ccc2c(c1)OCCCO2)C1(C#N)CCCCC1. The molecule has 6 heteroatoms. The number of benzene rings is 1. The number of amides is 1. The second-order valence-corrected chi connectivity index (χ2v) is 8.69. The Morgan fingerprint density at radius 2 is 1.93 bits per heavy atom. The molecule has 0 bridgehead atoms. The lowest BCUT2D eigenvalue weighted by molar-refractivity contribution is -0.910. The van der Waals surface area contributed by atoms with E-state index in [0.29, 0.717) is 19.8 Å². The largest absolute Gasteiger partial charge is 0.490 e. The highest BCUT2D eigenvalue weighted by Crippen LogP contribution is 2.34. The Balaban J connectivity index is 1.47. The van der Waals surface area contributed by atoms with Crippen molar-refractivity contribution in [3.63, 3.8) is 0 Å². The molecule has 1 saturated carbocycles. The van der Waals surface area contributed by atoms with E-state index in [9.17, 15) is 10.1 Å². The van der Waals surface area contributed by atoms with Crippen molar-refractivity contribution in [3.8, 4) is 17.6 Å². The first-order valence-electron chi connectivity index (χ1n) is 11.0. The molecule has 1 unspecified atom stereocenters. The van der Waals surface area contributed by atoms with Crippen LogP contribution in [0, 0.1) is 11.3 Å². The highest BCUT2D eigenvalue weighted by molar-refractivity contribution is 5.78. The van der Waals surface area contributed by atoms with E-state index >= 15 is 0 Å². The lowest BCUT2D eigenvalue weighted by Crippen LogP contribution is -3.11. The first-order valence-corrected chi connectivity index (χ1v) is 11.0. The topological polar surface area (TPSA) is 67.0 Å². The molecule has 1 aromatic rings. The number of hydrogen-bond donors (Lipinski definition) is 1. The number of likely N-dealkylation sites (N-methyl/N-ethyl adjacent to an activating group) is 1. The molecule has 6 nitrogen and oxygen atoms in total. The Kier molecular flexibility index (Phi) is 5.96. The van der Waals surface area contributed by atoms with Crippen molar-refractivity contribution < 1.29 is 19.2 Å². The van der Waals surface area contributed by atoms with Crippen LogP contribution in [0.25, 0.3) is 0 Å². The molecular formula is C23H32N3O3+. The van der Waals surface area contributed by atoms with Crippen LogP contribution < -0.4 is 14.4 Å². The quantitative estimate of drug-likeness (QED) is 0.845. The monoisotopic (exact) mass is 398 g/mol. The molecular weight excluding hydrogens is 366 g/mol. The number of carbonyl (C=O) groups is 1. The van der Waals surface area contributed by atoms with Crippen molar-refractivity contribution in [2.24, 2.45) is 0 Å². The lowest BCUT2D eigenvalue weighted by atomic mass is 9.81. The number of likely N-dealkylation sites (tertiary alicyclic amines) is 1. The summed E-state index contributed by atoms with van der Waals surface area (Å²) in [4.78, 5) is 16.2. The summed E-state index contributed by atoms with van der Waals surface area (Å²) in [5.74, 6) is 1.72. The van der Waals surface area contributed by atoms with Gasteiger partial charge in [-0.05, 0) is 31.0 Å². The van der Waals surface area contributed by atoms with Gasteiger partial charge in [0.1, 0.15) is 11.6 Å². The van der Waals surface area contributed by atoms with Crippen LogP contribution in [0.4, 0.5) is 0 Å². The Bertz CT molecular complexity index is 782. The smallest absolute Gasteiger partial charge is 0.278 e. The number of hydrogen-bond acceptors (Lipinski definition) is 4. The summed E-state index contributed by atoms with van der Waals surface area (Å²) in [5, 5.41) is 9.81. The number of nitriles is 1. The van der Waals surface area contributed by atoms with E-state index in [1.807, 2.05) is 13.1 Å². The van der Waals surface area contributed by atoms with E-state index in [1.165, 1.54) is 10.5 Å². The van der Waals surface area contributed by atoms with Gasteiger partial charge in [0.2, 0.25) is 0 Å². The lowest BCUT2D eigenvalue weighted by Gasteiger charge is -2.39. The van der Waals surface area contributed by atoms with Gasteiger partial charge in [0.15, 0.2) is 18.0 Å². The maximum absolute atomic E-state index is 13.1. The zero-order chi connectivity index (χ0) is 20.3. The predicted octanol–water partition coefficient (Wildman–Crippen LogP) is 2.25. The molecule has 0 spiro atoms. The third-order valence-corrected chi connectivity index (χ3v) is 6.94.